The summed E-state index contributed by atoms with van der Waals surface area (Å²) in [7, 11) is -2.02. The molecule has 1 aromatic carbocycles. The molecule has 0 radical (unpaired) electrons. The van der Waals surface area contributed by atoms with E-state index >= 15 is 0 Å². The van der Waals surface area contributed by atoms with Gasteiger partial charge in [0.15, 0.2) is 0 Å². The standard InChI is InChI=1S/C24H34N2O5S2/c1-3-4-5-8-17-31-19-13-15-26(16-14-19)33(28,29)23-12-11-20(32-23)18-25-24(27)21-9-6-7-10-22(21)30-2/h6-7,9-12,19H,3-5,8,13-18H2,1-2H3,(H,25,27). The summed E-state index contributed by atoms with van der Waals surface area (Å²) in [5.74, 6) is 0.236. The Morgan fingerprint density at radius 1 is 1.12 bits per heavy atom. The number of ether oxygens (including phenoxy) is 2. The summed E-state index contributed by atoms with van der Waals surface area (Å²) >= 11 is 1.20. The topological polar surface area (TPSA) is 84.9 Å². The van der Waals surface area contributed by atoms with Gasteiger partial charge in [-0.15, -0.1) is 11.3 Å². The number of nitrogens with one attached hydrogen (secondary N) is 1. The molecule has 0 saturated carbocycles. The molecule has 0 bridgehead atoms. The SMILES string of the molecule is CCCCCCOC1CCN(S(=O)(=O)c2ccc(CNC(=O)c3ccccc3OC)s2)CC1. The molecule has 9 heteroatoms. The molecule has 7 nitrogen and oxygen atoms in total. The Kier molecular flexibility index (Phi) is 9.73. The van der Waals surface area contributed by atoms with Crippen molar-refractivity contribution in [1.29, 1.82) is 0 Å². The van der Waals surface area contributed by atoms with Gasteiger partial charge in [0.25, 0.3) is 15.9 Å². The Bertz CT molecular complexity index is 998. The molecule has 1 aliphatic heterocycles. The van der Waals surface area contributed by atoms with E-state index in [9.17, 15) is 13.2 Å². The van der Waals surface area contributed by atoms with Crippen molar-refractivity contribution >= 4 is 27.3 Å². The van der Waals surface area contributed by atoms with E-state index in [0.717, 1.165) is 30.7 Å². The van der Waals surface area contributed by atoms with E-state index in [0.29, 0.717) is 28.6 Å². The zero-order valence-electron chi connectivity index (χ0n) is 19.4. The highest BCUT2D eigenvalue weighted by atomic mass is 32.2. The highest BCUT2D eigenvalue weighted by Gasteiger charge is 2.30. The zero-order chi connectivity index (χ0) is 23.7. The van der Waals surface area contributed by atoms with Crippen LogP contribution in [0.2, 0.25) is 0 Å². The first-order chi connectivity index (χ1) is 16.0. The highest BCUT2D eigenvalue weighted by Crippen LogP contribution is 2.28. The summed E-state index contributed by atoms with van der Waals surface area (Å²) in [6, 6.07) is 10.4. The van der Waals surface area contributed by atoms with Gasteiger partial charge in [0.2, 0.25) is 0 Å². The first kappa shape index (κ1) is 25.7. The lowest BCUT2D eigenvalue weighted by Crippen LogP contribution is -2.40. The Balaban J connectivity index is 1.49. The van der Waals surface area contributed by atoms with Crippen LogP contribution in [0.4, 0.5) is 0 Å². The van der Waals surface area contributed by atoms with E-state index < -0.39 is 10.0 Å². The first-order valence-electron chi connectivity index (χ1n) is 11.6. The smallest absolute Gasteiger partial charge is 0.255 e. The molecule has 2 heterocycles. The average Bonchev–Trinajstić information content (AvgIpc) is 3.33. The number of nitrogens with zero attached hydrogens (tertiary/aromatic N) is 1. The third-order valence-electron chi connectivity index (χ3n) is 5.76. The predicted octanol–water partition coefficient (Wildman–Crippen LogP) is 4.44. The highest BCUT2D eigenvalue weighted by molar-refractivity contribution is 7.91. The number of methoxy groups -OCH3 is 1. The van der Waals surface area contributed by atoms with Crippen LogP contribution in [0.15, 0.2) is 40.6 Å². The number of hydrogen-bond acceptors (Lipinski definition) is 6. The fraction of sp³-hybridized carbons (Fsp3) is 0.542. The maximum absolute atomic E-state index is 13.1. The molecule has 3 rings (SSSR count). The van der Waals surface area contributed by atoms with E-state index in [-0.39, 0.29) is 18.6 Å². The van der Waals surface area contributed by atoms with Crippen molar-refractivity contribution in [2.24, 2.45) is 0 Å². The van der Waals surface area contributed by atoms with Gasteiger partial charge in [-0.2, -0.15) is 4.31 Å². The Morgan fingerprint density at radius 3 is 2.61 bits per heavy atom. The maximum atomic E-state index is 13.1. The molecule has 0 unspecified atom stereocenters. The number of amides is 1. The Hall–Kier alpha value is -1.94. The molecule has 33 heavy (non-hydrogen) atoms. The summed E-state index contributed by atoms with van der Waals surface area (Å²) in [6.07, 6.45) is 6.27. The van der Waals surface area contributed by atoms with Crippen molar-refractivity contribution in [3.05, 3.63) is 46.8 Å². The first-order valence-corrected chi connectivity index (χ1v) is 13.8. The van der Waals surface area contributed by atoms with Crippen LogP contribution in [0.5, 0.6) is 5.75 Å². The largest absolute Gasteiger partial charge is 0.496 e. The van der Waals surface area contributed by atoms with Crippen LogP contribution in [0.3, 0.4) is 0 Å². The van der Waals surface area contributed by atoms with Gasteiger partial charge in [-0.25, -0.2) is 8.42 Å². The summed E-state index contributed by atoms with van der Waals surface area (Å²) in [5.41, 5.74) is 0.444. The van der Waals surface area contributed by atoms with E-state index in [1.54, 1.807) is 40.7 Å². The molecule has 1 aliphatic rings. The third-order valence-corrected chi connectivity index (χ3v) is 9.21. The van der Waals surface area contributed by atoms with Crippen LogP contribution in [0.25, 0.3) is 0 Å². The number of para-hydroxylation sites is 1. The maximum Gasteiger partial charge on any atom is 0.255 e. The minimum atomic E-state index is -3.53. The van der Waals surface area contributed by atoms with Gasteiger partial charge >= 0.3 is 0 Å². The Morgan fingerprint density at radius 2 is 1.88 bits per heavy atom. The van der Waals surface area contributed by atoms with Crippen molar-refractivity contribution in [3.63, 3.8) is 0 Å². The number of benzene rings is 1. The lowest BCUT2D eigenvalue weighted by molar-refractivity contribution is 0.0193. The van der Waals surface area contributed by atoms with Gasteiger partial charge < -0.3 is 14.8 Å². The second-order valence-corrected chi connectivity index (χ2v) is 11.5. The number of carbonyl (C=O) groups excluding carboxylic acids is 1. The van der Waals surface area contributed by atoms with Gasteiger partial charge in [-0.3, -0.25) is 4.79 Å². The molecule has 0 aliphatic carbocycles. The summed E-state index contributed by atoms with van der Waals surface area (Å²) in [5, 5.41) is 2.84. The van der Waals surface area contributed by atoms with Gasteiger partial charge in [-0.1, -0.05) is 38.3 Å². The number of thiophene rings is 1. The van der Waals surface area contributed by atoms with Crippen LogP contribution in [-0.4, -0.2) is 51.5 Å². The molecule has 1 saturated heterocycles. The van der Waals surface area contributed by atoms with Crippen molar-refractivity contribution in [2.45, 2.75) is 62.3 Å². The van der Waals surface area contributed by atoms with Gasteiger partial charge in [0.1, 0.15) is 9.96 Å². The second kappa shape index (κ2) is 12.5. The Labute approximate surface area is 201 Å². The van der Waals surface area contributed by atoms with Crippen LogP contribution in [0, 0.1) is 0 Å². The minimum absolute atomic E-state index is 0.141. The van der Waals surface area contributed by atoms with Crippen LogP contribution in [-0.2, 0) is 21.3 Å². The van der Waals surface area contributed by atoms with Gasteiger partial charge in [-0.05, 0) is 43.5 Å². The molecule has 1 aromatic heterocycles. The van der Waals surface area contributed by atoms with Crippen molar-refractivity contribution < 1.29 is 22.7 Å². The summed E-state index contributed by atoms with van der Waals surface area (Å²) < 4.78 is 39.2. The van der Waals surface area contributed by atoms with Gasteiger partial charge in [0, 0.05) is 24.6 Å². The zero-order valence-corrected chi connectivity index (χ0v) is 21.1. The minimum Gasteiger partial charge on any atom is -0.496 e. The van der Waals surface area contributed by atoms with Crippen molar-refractivity contribution in [1.82, 2.24) is 9.62 Å². The summed E-state index contributed by atoms with van der Waals surface area (Å²) in [4.78, 5) is 13.3. The number of rotatable bonds is 12. The number of unbranched alkanes of at least 4 members (excludes halogenated alkanes) is 3. The van der Waals surface area contributed by atoms with Crippen molar-refractivity contribution in [2.75, 3.05) is 26.8 Å². The predicted molar refractivity (Wildman–Crippen MR) is 130 cm³/mol. The number of sulfonamides is 1. The second-order valence-electron chi connectivity index (χ2n) is 8.14. The van der Waals surface area contributed by atoms with E-state index in [2.05, 4.69) is 12.2 Å². The monoisotopic (exact) mass is 494 g/mol. The molecule has 2 aromatic rings. The van der Waals surface area contributed by atoms with Crippen LogP contribution >= 0.6 is 11.3 Å². The van der Waals surface area contributed by atoms with Crippen LogP contribution in [0.1, 0.15) is 60.7 Å². The molecule has 1 amide bonds. The van der Waals surface area contributed by atoms with Crippen molar-refractivity contribution in [3.8, 4) is 5.75 Å². The molecular weight excluding hydrogens is 460 g/mol. The molecule has 182 valence electrons. The fourth-order valence-corrected chi connectivity index (χ4v) is 6.75. The van der Waals surface area contributed by atoms with E-state index in [1.807, 2.05) is 0 Å². The van der Waals surface area contributed by atoms with E-state index in [4.69, 9.17) is 9.47 Å². The summed E-state index contributed by atoms with van der Waals surface area (Å²) in [6.45, 7) is 4.14. The molecular formula is C24H34N2O5S2. The normalized spacial score (nSPS) is 15.5. The average molecular weight is 495 g/mol. The third kappa shape index (κ3) is 7.02. The quantitative estimate of drug-likeness (QED) is 0.441. The molecule has 1 fully saturated rings. The number of piperidine rings is 1. The number of hydrogen-bond donors (Lipinski definition) is 1. The van der Waals surface area contributed by atoms with Crippen LogP contribution < -0.4 is 10.1 Å². The fourth-order valence-electron chi connectivity index (χ4n) is 3.83. The molecule has 1 N–H and O–H groups in total. The lowest BCUT2D eigenvalue weighted by Gasteiger charge is -2.30. The molecule has 0 atom stereocenters. The number of carbonyl (C=O) groups is 1. The molecule has 0 spiro atoms. The van der Waals surface area contributed by atoms with E-state index in [1.165, 1.54) is 37.7 Å². The lowest BCUT2D eigenvalue weighted by atomic mass is 10.1. The van der Waals surface area contributed by atoms with Gasteiger partial charge in [0.05, 0.1) is 25.3 Å².